The summed E-state index contributed by atoms with van der Waals surface area (Å²) in [4.78, 5) is 0. The molecule has 5 heavy (non-hydrogen) atoms. The molecule has 0 saturated heterocycles. The summed E-state index contributed by atoms with van der Waals surface area (Å²) in [6.45, 7) is 1.93. The van der Waals surface area contributed by atoms with Crippen molar-refractivity contribution in [3.05, 3.63) is 0 Å². The van der Waals surface area contributed by atoms with Crippen LogP contribution in [0.1, 0.15) is 6.92 Å². The fourth-order valence-electron chi connectivity index (χ4n) is 0. The van der Waals surface area contributed by atoms with E-state index in [4.69, 9.17) is 10.3 Å². The van der Waals surface area contributed by atoms with Gasteiger partial charge < -0.3 is 5.11 Å². The van der Waals surface area contributed by atoms with Gasteiger partial charge in [0, 0.05) is 6.61 Å². The second kappa shape index (κ2) is 41.6. The predicted molar refractivity (Wildman–Crippen MR) is 17.6 cm³/mol. The molecule has 0 atom stereocenters. The minimum atomic E-state index is 0.250. The topological polar surface area (TPSA) is 66.2 Å². The number of nitrogens with two attached hydrogens (primary N) is 1. The minimum Gasteiger partial charge on any atom is -0.397 e. The molecule has 0 amide bonds. The van der Waals surface area contributed by atoms with Crippen LogP contribution in [0.25, 0.3) is 0 Å². The third kappa shape index (κ3) is 952. The van der Waals surface area contributed by atoms with Gasteiger partial charge in [0.2, 0.25) is 0 Å². The molecule has 0 bridgehead atoms. The number of aliphatic hydroxyl groups excluding tert-OH is 1. The Hall–Kier alpha value is -0.120. The quantitative estimate of drug-likeness (QED) is 0.376. The first-order chi connectivity index (χ1) is 2.41. The number of rotatable bonds is 0. The third-order valence-corrected chi connectivity index (χ3v) is 0. The van der Waals surface area contributed by atoms with Crippen molar-refractivity contribution in [1.82, 2.24) is 0 Å². The van der Waals surface area contributed by atoms with E-state index in [1.54, 1.807) is 6.92 Å². The summed E-state index contributed by atoms with van der Waals surface area (Å²) >= 11 is 0. The van der Waals surface area contributed by atoms with Crippen molar-refractivity contribution in [2.45, 2.75) is 6.92 Å². The number of aliphatic hydroxyl groups is 1. The molecule has 0 saturated carbocycles. The lowest BCUT2D eigenvalue weighted by atomic mass is 10.9. The van der Waals surface area contributed by atoms with E-state index in [0.29, 0.717) is 0 Å². The van der Waals surface area contributed by atoms with Gasteiger partial charge in [0.15, 0.2) is 0 Å². The molecule has 0 fully saturated rings. The monoisotopic (exact) mass is 78.1 g/mol. The molecular formula is C2H8NO2. The Morgan fingerprint density at radius 2 is 1.80 bits per heavy atom. The van der Waals surface area contributed by atoms with Crippen molar-refractivity contribution in [1.29, 1.82) is 0 Å². The van der Waals surface area contributed by atoms with Gasteiger partial charge in [0.05, 0.1) is 0 Å². The van der Waals surface area contributed by atoms with Gasteiger partial charge in [-0.05, 0) is 6.92 Å². The van der Waals surface area contributed by atoms with E-state index >= 15 is 0 Å². The SMILES string of the molecule is CCO.N[O]. The Bertz CT molecular complexity index is 7.61. The molecule has 0 aromatic heterocycles. The van der Waals surface area contributed by atoms with Crippen molar-refractivity contribution in [3.8, 4) is 0 Å². The van der Waals surface area contributed by atoms with Gasteiger partial charge in [-0.2, -0.15) is 5.90 Å². The van der Waals surface area contributed by atoms with Gasteiger partial charge in [-0.15, -0.1) is 5.21 Å². The van der Waals surface area contributed by atoms with Gasteiger partial charge in [-0.3, -0.25) is 0 Å². The molecule has 0 rings (SSSR count). The standard InChI is InChI=1S/C2H6O.H2NO/c1-2-3;1-2/h3H,2H2,1H3;1H2. The maximum atomic E-state index is 7.75. The van der Waals surface area contributed by atoms with Crippen LogP contribution in [-0.2, 0) is 5.21 Å². The van der Waals surface area contributed by atoms with Gasteiger partial charge in [0.1, 0.15) is 0 Å². The normalized spacial score (nSPS) is 4.80. The number of hydrogen-bond acceptors (Lipinski definition) is 2. The maximum absolute atomic E-state index is 7.75. The summed E-state index contributed by atoms with van der Waals surface area (Å²) in [5.74, 6) is 3.25. The molecule has 1 radical (unpaired) electrons. The van der Waals surface area contributed by atoms with E-state index in [2.05, 4.69) is 5.90 Å². The first kappa shape index (κ1) is 8.86. The van der Waals surface area contributed by atoms with Crippen molar-refractivity contribution in [3.63, 3.8) is 0 Å². The highest BCUT2D eigenvalue weighted by Gasteiger charge is 1.34. The van der Waals surface area contributed by atoms with Crippen LogP contribution in [0, 0.1) is 0 Å². The molecule has 0 heterocycles. The summed E-state index contributed by atoms with van der Waals surface area (Å²) in [6.07, 6.45) is 0. The lowest BCUT2D eigenvalue weighted by Crippen LogP contribution is -1.67. The fourth-order valence-corrected chi connectivity index (χ4v) is 0. The fraction of sp³-hybridized carbons (Fsp3) is 1.00. The third-order valence-electron chi connectivity index (χ3n) is 0. The molecule has 0 aliphatic carbocycles. The van der Waals surface area contributed by atoms with Crippen molar-refractivity contribution in [2.75, 3.05) is 6.61 Å². The summed E-state index contributed by atoms with van der Waals surface area (Å²) < 4.78 is 0. The molecule has 0 aromatic rings. The van der Waals surface area contributed by atoms with E-state index in [0.717, 1.165) is 0 Å². The highest BCUT2D eigenvalue weighted by atomic mass is 16.4. The number of hydrogen-bond donors (Lipinski definition) is 2. The average molecular weight is 78.1 g/mol. The van der Waals surface area contributed by atoms with Gasteiger partial charge >= 0.3 is 0 Å². The molecule has 0 spiro atoms. The highest BCUT2D eigenvalue weighted by molar-refractivity contribution is 3.84. The maximum Gasteiger partial charge on any atom is 0.0402 e. The van der Waals surface area contributed by atoms with Crippen LogP contribution in [0.4, 0.5) is 0 Å². The van der Waals surface area contributed by atoms with Crippen LogP contribution in [0.3, 0.4) is 0 Å². The van der Waals surface area contributed by atoms with Gasteiger partial charge in [-0.1, -0.05) is 0 Å². The van der Waals surface area contributed by atoms with Crippen LogP contribution < -0.4 is 5.90 Å². The largest absolute Gasteiger partial charge is 0.397 e. The Labute approximate surface area is 31.0 Å². The van der Waals surface area contributed by atoms with Gasteiger partial charge in [-0.25, -0.2) is 0 Å². The molecule has 0 aliphatic rings. The minimum absolute atomic E-state index is 0.250. The van der Waals surface area contributed by atoms with E-state index in [1.807, 2.05) is 0 Å². The molecule has 3 nitrogen and oxygen atoms in total. The van der Waals surface area contributed by atoms with Crippen LogP contribution in [0.15, 0.2) is 0 Å². The Balaban J connectivity index is 0. The van der Waals surface area contributed by atoms with Crippen molar-refractivity contribution < 1.29 is 10.3 Å². The molecule has 0 aromatic carbocycles. The lowest BCUT2D eigenvalue weighted by Gasteiger charge is -1.52. The molecule has 33 valence electrons. The molecule has 0 unspecified atom stereocenters. The second-order valence-electron chi connectivity index (χ2n) is 0.316. The summed E-state index contributed by atoms with van der Waals surface area (Å²) in [5.41, 5.74) is 0. The van der Waals surface area contributed by atoms with E-state index < -0.39 is 0 Å². The van der Waals surface area contributed by atoms with Gasteiger partial charge in [0.25, 0.3) is 0 Å². The lowest BCUT2D eigenvalue weighted by molar-refractivity contribution is 0.201. The Morgan fingerprint density at radius 1 is 1.80 bits per heavy atom. The molecular weight excluding hydrogens is 70.0 g/mol. The second-order valence-corrected chi connectivity index (χ2v) is 0.316. The first-order valence-corrected chi connectivity index (χ1v) is 1.26. The zero-order valence-corrected chi connectivity index (χ0v) is 3.14. The Morgan fingerprint density at radius 3 is 1.80 bits per heavy atom. The van der Waals surface area contributed by atoms with Crippen LogP contribution in [-0.4, -0.2) is 11.7 Å². The molecule has 3 heteroatoms. The smallest absolute Gasteiger partial charge is 0.0402 e. The molecule has 3 N–H and O–H groups in total. The van der Waals surface area contributed by atoms with Crippen LogP contribution in [0.5, 0.6) is 0 Å². The zero-order chi connectivity index (χ0) is 4.71. The first-order valence-electron chi connectivity index (χ1n) is 1.26. The predicted octanol–water partition coefficient (Wildman–Crippen LogP) is -0.711. The van der Waals surface area contributed by atoms with Crippen molar-refractivity contribution >= 4 is 0 Å². The summed E-state index contributed by atoms with van der Waals surface area (Å²) in [7, 11) is 0. The Kier molecular flexibility index (Phi) is 73.6. The van der Waals surface area contributed by atoms with E-state index in [1.165, 1.54) is 0 Å². The molecule has 0 aliphatic heterocycles. The summed E-state index contributed by atoms with van der Waals surface area (Å²) in [6, 6.07) is 0. The van der Waals surface area contributed by atoms with E-state index in [-0.39, 0.29) is 6.61 Å². The van der Waals surface area contributed by atoms with E-state index in [9.17, 15) is 0 Å². The van der Waals surface area contributed by atoms with Crippen LogP contribution in [0.2, 0.25) is 0 Å². The highest BCUT2D eigenvalue weighted by Crippen LogP contribution is 1.30. The zero-order valence-electron chi connectivity index (χ0n) is 3.14. The van der Waals surface area contributed by atoms with Crippen molar-refractivity contribution in [2.24, 2.45) is 5.90 Å². The van der Waals surface area contributed by atoms with Crippen LogP contribution >= 0.6 is 0 Å². The summed E-state index contributed by atoms with van der Waals surface area (Å²) in [5, 5.41) is 15.3. The average Bonchev–Trinajstić information content (AvgIpc) is 1.46.